The summed E-state index contributed by atoms with van der Waals surface area (Å²) in [6, 6.07) is 0. The average molecular weight is 283 g/mol. The van der Waals surface area contributed by atoms with Crippen LogP contribution < -0.4 is 0 Å². The molecular weight excluding hydrogens is 274 g/mol. The van der Waals surface area contributed by atoms with Gasteiger partial charge in [0.05, 0.1) is 6.61 Å². The molecule has 0 bridgehead atoms. The van der Waals surface area contributed by atoms with Crippen molar-refractivity contribution in [3.63, 3.8) is 0 Å². The molecule has 2 atom stereocenters. The summed E-state index contributed by atoms with van der Waals surface area (Å²) < 4.78 is 80.7. The van der Waals surface area contributed by atoms with E-state index in [1.54, 1.807) is 0 Å². The Hall–Kier alpha value is -0.820. The van der Waals surface area contributed by atoms with Crippen molar-refractivity contribution in [1.82, 2.24) is 0 Å². The summed E-state index contributed by atoms with van der Waals surface area (Å²) in [7, 11) is -3.49. The van der Waals surface area contributed by atoms with Crippen molar-refractivity contribution in [2.24, 2.45) is 0 Å². The van der Waals surface area contributed by atoms with Crippen LogP contribution in [0.1, 0.15) is 13.8 Å². The highest BCUT2D eigenvalue weighted by atomic mass is 31.1. The molecule has 0 aromatic carbocycles. The van der Waals surface area contributed by atoms with Gasteiger partial charge in [-0.15, -0.1) is 4.52 Å². The quantitative estimate of drug-likeness (QED) is 0.442. The molecule has 0 aliphatic carbocycles. The van der Waals surface area contributed by atoms with Crippen LogP contribution in [0.4, 0.5) is 22.0 Å². The molecule has 0 radical (unpaired) electrons. The maximum atomic E-state index is 12.9. The molecule has 0 aliphatic heterocycles. The molecule has 0 saturated heterocycles. The Bertz CT molecular complexity index is 303. The Balaban J connectivity index is 5.17. The van der Waals surface area contributed by atoms with Gasteiger partial charge in [0, 0.05) is 6.92 Å². The lowest BCUT2D eigenvalue weighted by Crippen LogP contribution is -2.47. The number of hydrogen-bond donors (Lipinski definition) is 0. The van der Waals surface area contributed by atoms with Crippen LogP contribution >= 0.6 is 8.03 Å². The van der Waals surface area contributed by atoms with Crippen molar-refractivity contribution in [2.75, 3.05) is 6.61 Å². The van der Waals surface area contributed by atoms with E-state index < -0.39 is 31.9 Å². The van der Waals surface area contributed by atoms with Gasteiger partial charge >= 0.3 is 31.9 Å². The zero-order chi connectivity index (χ0) is 13.9. The van der Waals surface area contributed by atoms with Gasteiger partial charge in [0.25, 0.3) is 0 Å². The smallest absolute Gasteiger partial charge is 0.409 e. The van der Waals surface area contributed by atoms with Crippen LogP contribution in [-0.4, -0.2) is 30.5 Å². The van der Waals surface area contributed by atoms with E-state index in [0.29, 0.717) is 6.92 Å². The second-order valence-electron chi connectivity index (χ2n) is 2.79. The molecule has 2 unspecified atom stereocenters. The first-order valence-electron chi connectivity index (χ1n) is 4.25. The molecule has 4 nitrogen and oxygen atoms in total. The molecule has 0 aliphatic rings. The monoisotopic (exact) mass is 283 g/mol. The maximum absolute atomic E-state index is 12.9. The second kappa shape index (κ2) is 5.68. The van der Waals surface area contributed by atoms with Crippen molar-refractivity contribution in [3.8, 4) is 0 Å². The van der Waals surface area contributed by atoms with E-state index in [-0.39, 0.29) is 6.61 Å². The lowest BCUT2D eigenvalue weighted by Gasteiger charge is -2.20. The van der Waals surface area contributed by atoms with E-state index >= 15 is 0 Å². The van der Waals surface area contributed by atoms with Gasteiger partial charge in [0.2, 0.25) is 0 Å². The molecule has 0 saturated carbocycles. The molecule has 17 heavy (non-hydrogen) atoms. The van der Waals surface area contributed by atoms with E-state index in [1.807, 2.05) is 0 Å². The van der Waals surface area contributed by atoms with Crippen LogP contribution in [0.3, 0.4) is 0 Å². The van der Waals surface area contributed by atoms with E-state index in [4.69, 9.17) is 0 Å². The summed E-state index contributed by atoms with van der Waals surface area (Å²) in [6.45, 7) is 1.50. The lowest BCUT2D eigenvalue weighted by atomic mass is 10.3. The third-order valence-electron chi connectivity index (χ3n) is 1.41. The van der Waals surface area contributed by atoms with Crippen LogP contribution in [0, 0.1) is 0 Å². The first kappa shape index (κ1) is 16.2. The highest BCUT2D eigenvalue weighted by Crippen LogP contribution is 2.48. The van der Waals surface area contributed by atoms with Crippen molar-refractivity contribution in [3.05, 3.63) is 0 Å². The number of esters is 1. The van der Waals surface area contributed by atoms with Crippen LogP contribution in [0.2, 0.25) is 0 Å². The highest BCUT2D eigenvalue weighted by molar-refractivity contribution is 7.39. The van der Waals surface area contributed by atoms with Crippen LogP contribution in [0.15, 0.2) is 0 Å². The largest absolute Gasteiger partial charge is 0.560 e. The van der Waals surface area contributed by atoms with Crippen LogP contribution in [0.25, 0.3) is 0 Å². The standard InChI is InChI=1S/C7H9F5O4P/c1-3-15-17(14)5(16-4(2)13)6(8,9)7(10,11)12/h5H,3H2,1-2H3/q+1. The normalized spacial score (nSPS) is 15.4. The Morgan fingerprint density at radius 3 is 2.06 bits per heavy atom. The van der Waals surface area contributed by atoms with E-state index in [0.717, 1.165) is 0 Å². The fourth-order valence-electron chi connectivity index (χ4n) is 0.742. The molecule has 0 aromatic heterocycles. The first-order chi connectivity index (χ1) is 7.54. The number of alkyl halides is 5. The lowest BCUT2D eigenvalue weighted by molar-refractivity contribution is -0.302. The minimum atomic E-state index is -5.99. The predicted octanol–water partition coefficient (Wildman–Crippen LogP) is 2.85. The number of carbonyl (C=O) groups excluding carboxylic acids is 1. The summed E-state index contributed by atoms with van der Waals surface area (Å²) in [4.78, 5) is 10.4. The molecule has 0 amide bonds. The van der Waals surface area contributed by atoms with E-state index in [2.05, 4.69) is 9.26 Å². The van der Waals surface area contributed by atoms with Crippen LogP contribution in [-0.2, 0) is 18.6 Å². The van der Waals surface area contributed by atoms with E-state index in [9.17, 15) is 31.3 Å². The van der Waals surface area contributed by atoms with Gasteiger partial charge in [0.1, 0.15) is 0 Å². The fourth-order valence-corrected chi connectivity index (χ4v) is 1.78. The molecule has 0 aromatic rings. The van der Waals surface area contributed by atoms with Gasteiger partial charge in [-0.3, -0.25) is 4.79 Å². The molecule has 100 valence electrons. The average Bonchev–Trinajstić information content (AvgIpc) is 2.12. The Labute approximate surface area is 93.9 Å². The second-order valence-corrected chi connectivity index (χ2v) is 4.08. The Kier molecular flexibility index (Phi) is 5.41. The maximum Gasteiger partial charge on any atom is 0.560 e. The molecular formula is C7H9F5O4P+. The summed E-state index contributed by atoms with van der Waals surface area (Å²) in [5.41, 5.74) is 0. The third-order valence-corrected chi connectivity index (χ3v) is 2.74. The SMILES string of the molecule is CCO[P+](=O)C(OC(C)=O)C(F)(F)C(F)(F)F. The van der Waals surface area contributed by atoms with Gasteiger partial charge in [0.15, 0.2) is 0 Å². The number of carbonyl (C=O) groups is 1. The number of halogens is 5. The van der Waals surface area contributed by atoms with Crippen LogP contribution in [0.5, 0.6) is 0 Å². The van der Waals surface area contributed by atoms with Gasteiger partial charge in [-0.05, 0) is 11.5 Å². The zero-order valence-electron chi connectivity index (χ0n) is 8.75. The van der Waals surface area contributed by atoms with Crippen molar-refractivity contribution >= 4 is 14.0 Å². The number of rotatable bonds is 5. The van der Waals surface area contributed by atoms with Gasteiger partial charge < -0.3 is 4.74 Å². The van der Waals surface area contributed by atoms with Crippen molar-refractivity contribution < 1.29 is 40.6 Å². The molecule has 0 spiro atoms. The summed E-state index contributed by atoms with van der Waals surface area (Å²) >= 11 is 0. The summed E-state index contributed by atoms with van der Waals surface area (Å²) in [5.74, 6) is -10.0. The fraction of sp³-hybridized carbons (Fsp3) is 0.857. The Morgan fingerprint density at radius 2 is 1.76 bits per heavy atom. The van der Waals surface area contributed by atoms with Gasteiger partial charge in [-0.25, -0.2) is 0 Å². The molecule has 0 heterocycles. The molecule has 0 rings (SSSR count). The minimum Gasteiger partial charge on any atom is -0.409 e. The first-order valence-corrected chi connectivity index (χ1v) is 5.49. The predicted molar refractivity (Wildman–Crippen MR) is 45.8 cm³/mol. The topological polar surface area (TPSA) is 52.6 Å². The summed E-state index contributed by atoms with van der Waals surface area (Å²) in [6.07, 6.45) is -5.99. The van der Waals surface area contributed by atoms with Gasteiger partial charge in [-0.2, -0.15) is 22.0 Å². The minimum absolute atomic E-state index is 0.360. The molecule has 0 fully saturated rings. The number of hydrogen-bond acceptors (Lipinski definition) is 4. The highest BCUT2D eigenvalue weighted by Gasteiger charge is 2.72. The van der Waals surface area contributed by atoms with Crippen molar-refractivity contribution in [2.45, 2.75) is 31.8 Å². The number of ether oxygens (including phenoxy) is 1. The third kappa shape index (κ3) is 4.16. The molecule has 0 N–H and O–H groups in total. The van der Waals surface area contributed by atoms with E-state index in [1.165, 1.54) is 6.92 Å². The van der Waals surface area contributed by atoms with Crippen molar-refractivity contribution in [1.29, 1.82) is 0 Å². The van der Waals surface area contributed by atoms with Gasteiger partial charge in [-0.1, -0.05) is 0 Å². The zero-order valence-corrected chi connectivity index (χ0v) is 9.65. The summed E-state index contributed by atoms with van der Waals surface area (Å²) in [5, 5.41) is 0. The molecule has 10 heteroatoms. The Morgan fingerprint density at radius 1 is 1.29 bits per heavy atom.